The Morgan fingerprint density at radius 1 is 1.21 bits per heavy atom. The average Bonchev–Trinajstić information content (AvgIpc) is 2.47. The standard InChI is InChI=1S/C12H11NO3.CH3O.Na/c1-15-11-5-6-13-10-4-3-8(7-9(10)11)12(14)16-2;1-2;/h3-7H,1-2H3;1H3;/q;-1;+1. The Morgan fingerprint density at radius 3 is 2.47 bits per heavy atom. The summed E-state index contributed by atoms with van der Waals surface area (Å²) in [6, 6.07) is 6.92. The molecule has 0 bridgehead atoms. The molecule has 0 saturated heterocycles. The van der Waals surface area contributed by atoms with Crippen LogP contribution >= 0.6 is 0 Å². The molecule has 96 valence electrons. The number of nitrogens with zero attached hydrogens (tertiary/aromatic N) is 1. The first-order chi connectivity index (χ1) is 8.76. The number of fused-ring (bicyclic) bond motifs is 1. The van der Waals surface area contributed by atoms with Crippen molar-refractivity contribution >= 4 is 16.9 Å². The Hall–Kier alpha value is -1.14. The smallest absolute Gasteiger partial charge is 0.857 e. The minimum Gasteiger partial charge on any atom is -0.857 e. The predicted octanol–water partition coefficient (Wildman–Crippen LogP) is -1.99. The molecule has 0 radical (unpaired) electrons. The summed E-state index contributed by atoms with van der Waals surface area (Å²) in [6.07, 6.45) is 1.67. The van der Waals surface area contributed by atoms with Crippen molar-refractivity contribution in [2.75, 3.05) is 21.3 Å². The molecule has 0 aliphatic rings. The Bertz CT molecular complexity index is 545. The van der Waals surface area contributed by atoms with Gasteiger partial charge >= 0.3 is 35.5 Å². The first kappa shape index (κ1) is 17.9. The van der Waals surface area contributed by atoms with Crippen molar-refractivity contribution in [1.82, 2.24) is 4.98 Å². The summed E-state index contributed by atoms with van der Waals surface area (Å²) in [5.41, 5.74) is 1.27. The van der Waals surface area contributed by atoms with E-state index in [-0.39, 0.29) is 35.5 Å². The zero-order chi connectivity index (χ0) is 13.5. The second kappa shape index (κ2) is 8.87. The minimum atomic E-state index is -0.368. The number of hydrogen-bond acceptors (Lipinski definition) is 5. The molecule has 0 N–H and O–H groups in total. The van der Waals surface area contributed by atoms with E-state index in [0.717, 1.165) is 18.0 Å². The van der Waals surface area contributed by atoms with Gasteiger partial charge in [-0.2, -0.15) is 7.11 Å². The zero-order valence-electron chi connectivity index (χ0n) is 11.5. The van der Waals surface area contributed by atoms with Crippen LogP contribution in [-0.2, 0) is 4.74 Å². The van der Waals surface area contributed by atoms with Crippen LogP contribution < -0.4 is 39.4 Å². The molecule has 0 aliphatic heterocycles. The van der Waals surface area contributed by atoms with Gasteiger partial charge in [0.1, 0.15) is 5.75 Å². The van der Waals surface area contributed by atoms with Crippen LogP contribution in [0.1, 0.15) is 10.4 Å². The maximum atomic E-state index is 11.4. The van der Waals surface area contributed by atoms with Gasteiger partial charge in [-0.3, -0.25) is 4.98 Å². The summed E-state index contributed by atoms with van der Waals surface area (Å²) >= 11 is 0. The molecule has 2 aromatic rings. The molecule has 0 spiro atoms. The predicted molar refractivity (Wildman–Crippen MR) is 65.6 cm³/mol. The van der Waals surface area contributed by atoms with E-state index >= 15 is 0 Å². The summed E-state index contributed by atoms with van der Waals surface area (Å²) in [6.45, 7) is 0. The fraction of sp³-hybridized carbons (Fsp3) is 0.231. The largest absolute Gasteiger partial charge is 1.00 e. The summed E-state index contributed by atoms with van der Waals surface area (Å²) in [7, 11) is 3.69. The van der Waals surface area contributed by atoms with E-state index < -0.39 is 0 Å². The van der Waals surface area contributed by atoms with E-state index in [0.29, 0.717) is 11.3 Å². The van der Waals surface area contributed by atoms with Gasteiger partial charge in [0.2, 0.25) is 0 Å². The van der Waals surface area contributed by atoms with Crippen LogP contribution in [0.3, 0.4) is 0 Å². The molecular weight excluding hydrogens is 257 g/mol. The van der Waals surface area contributed by atoms with Crippen molar-refractivity contribution in [1.29, 1.82) is 0 Å². The molecule has 0 fully saturated rings. The Labute approximate surface area is 133 Å². The Morgan fingerprint density at radius 2 is 1.89 bits per heavy atom. The summed E-state index contributed by atoms with van der Waals surface area (Å²) in [4.78, 5) is 15.6. The fourth-order valence-electron chi connectivity index (χ4n) is 1.54. The molecule has 0 amide bonds. The molecule has 0 saturated carbocycles. The minimum absolute atomic E-state index is 0. The van der Waals surface area contributed by atoms with Crippen molar-refractivity contribution in [2.45, 2.75) is 0 Å². The van der Waals surface area contributed by atoms with E-state index in [1.54, 1.807) is 37.6 Å². The van der Waals surface area contributed by atoms with E-state index in [1.165, 1.54) is 7.11 Å². The summed E-state index contributed by atoms with van der Waals surface area (Å²) < 4.78 is 9.86. The van der Waals surface area contributed by atoms with Gasteiger partial charge in [0.25, 0.3) is 0 Å². The molecule has 5 nitrogen and oxygen atoms in total. The summed E-state index contributed by atoms with van der Waals surface area (Å²) in [5.74, 6) is 0.323. The number of carbonyl (C=O) groups is 1. The van der Waals surface area contributed by atoms with Crippen LogP contribution in [0.5, 0.6) is 5.75 Å². The number of ether oxygens (including phenoxy) is 2. The molecule has 0 unspecified atom stereocenters. The van der Waals surface area contributed by atoms with Crippen LogP contribution in [0.25, 0.3) is 10.9 Å². The topological polar surface area (TPSA) is 71.5 Å². The molecular formula is C13H14NNaO4. The number of rotatable bonds is 2. The van der Waals surface area contributed by atoms with E-state index in [2.05, 4.69) is 9.72 Å². The van der Waals surface area contributed by atoms with Crippen molar-refractivity contribution in [2.24, 2.45) is 0 Å². The molecule has 0 atom stereocenters. The first-order valence-electron chi connectivity index (χ1n) is 5.18. The molecule has 1 heterocycles. The fourth-order valence-corrected chi connectivity index (χ4v) is 1.54. The Balaban J connectivity index is 0.00000103. The van der Waals surface area contributed by atoms with Gasteiger partial charge in [0.15, 0.2) is 0 Å². The van der Waals surface area contributed by atoms with Crippen molar-refractivity contribution in [3.05, 3.63) is 36.0 Å². The van der Waals surface area contributed by atoms with Gasteiger partial charge < -0.3 is 14.6 Å². The molecule has 2 rings (SSSR count). The van der Waals surface area contributed by atoms with Gasteiger partial charge in [-0.1, -0.05) is 0 Å². The Kier molecular flexibility index (Phi) is 8.34. The number of pyridine rings is 1. The van der Waals surface area contributed by atoms with Crippen LogP contribution in [0.2, 0.25) is 0 Å². The van der Waals surface area contributed by atoms with Gasteiger partial charge in [-0.25, -0.2) is 4.79 Å². The third-order valence-electron chi connectivity index (χ3n) is 2.34. The average molecular weight is 271 g/mol. The van der Waals surface area contributed by atoms with E-state index in [4.69, 9.17) is 9.84 Å². The molecule has 19 heavy (non-hydrogen) atoms. The van der Waals surface area contributed by atoms with Crippen LogP contribution in [0.15, 0.2) is 30.5 Å². The van der Waals surface area contributed by atoms with Crippen LogP contribution in [0, 0.1) is 0 Å². The van der Waals surface area contributed by atoms with Crippen molar-refractivity contribution in [3.8, 4) is 5.75 Å². The van der Waals surface area contributed by atoms with E-state index in [1.807, 2.05) is 0 Å². The zero-order valence-corrected chi connectivity index (χ0v) is 13.5. The number of carbonyl (C=O) groups excluding carboxylic acids is 1. The van der Waals surface area contributed by atoms with Crippen molar-refractivity contribution < 1.29 is 48.9 Å². The van der Waals surface area contributed by atoms with Gasteiger partial charge in [-0.15, -0.1) is 0 Å². The van der Waals surface area contributed by atoms with Gasteiger partial charge in [0, 0.05) is 11.6 Å². The third-order valence-corrected chi connectivity index (χ3v) is 2.34. The van der Waals surface area contributed by atoms with Crippen molar-refractivity contribution in [3.63, 3.8) is 0 Å². The quantitative estimate of drug-likeness (QED) is 0.467. The number of benzene rings is 1. The maximum absolute atomic E-state index is 11.4. The molecule has 1 aromatic carbocycles. The number of aromatic nitrogens is 1. The molecule has 1 aromatic heterocycles. The van der Waals surface area contributed by atoms with Gasteiger partial charge in [0.05, 0.1) is 25.3 Å². The normalized spacial score (nSPS) is 8.84. The second-order valence-electron chi connectivity index (χ2n) is 3.24. The molecule has 0 aliphatic carbocycles. The van der Waals surface area contributed by atoms with Gasteiger partial charge in [-0.05, 0) is 24.3 Å². The summed E-state index contributed by atoms with van der Waals surface area (Å²) in [5, 5.41) is 9.05. The maximum Gasteiger partial charge on any atom is 1.00 e. The number of hydrogen-bond donors (Lipinski definition) is 0. The van der Waals surface area contributed by atoms with Crippen LogP contribution in [-0.4, -0.2) is 32.3 Å². The molecule has 6 heteroatoms. The monoisotopic (exact) mass is 271 g/mol. The number of methoxy groups -OCH3 is 2. The third kappa shape index (κ3) is 4.18. The number of esters is 1. The first-order valence-corrected chi connectivity index (χ1v) is 5.18. The SMILES string of the molecule is COC(=O)c1ccc2nccc(OC)c2c1.C[O-].[Na+]. The van der Waals surface area contributed by atoms with Crippen LogP contribution in [0.4, 0.5) is 0 Å². The van der Waals surface area contributed by atoms with E-state index in [9.17, 15) is 4.79 Å². The second-order valence-corrected chi connectivity index (χ2v) is 3.24.